The van der Waals surface area contributed by atoms with Crippen molar-refractivity contribution in [3.8, 4) is 11.5 Å². The Morgan fingerprint density at radius 2 is 2.00 bits per heavy atom. The summed E-state index contributed by atoms with van der Waals surface area (Å²) in [6, 6.07) is 20.1. The van der Waals surface area contributed by atoms with Gasteiger partial charge in [-0.05, 0) is 93.2 Å². The summed E-state index contributed by atoms with van der Waals surface area (Å²) in [5, 5.41) is 18.7. The van der Waals surface area contributed by atoms with Crippen molar-refractivity contribution in [1.82, 2.24) is 20.2 Å². The van der Waals surface area contributed by atoms with Gasteiger partial charge >= 0.3 is 5.95 Å². The van der Waals surface area contributed by atoms with E-state index in [9.17, 15) is 14.9 Å². The van der Waals surface area contributed by atoms with E-state index in [0.29, 0.717) is 29.0 Å². The summed E-state index contributed by atoms with van der Waals surface area (Å²) in [7, 11) is 1.52. The molecule has 0 aliphatic heterocycles. The number of ether oxygens (including phenoxy) is 2. The number of hydrogen-bond acceptors (Lipinski definition) is 8. The van der Waals surface area contributed by atoms with Gasteiger partial charge in [-0.1, -0.05) is 17.1 Å². The Bertz CT molecular complexity index is 1440. The van der Waals surface area contributed by atoms with E-state index in [0.717, 1.165) is 14.9 Å². The third-order valence-electron chi connectivity index (χ3n) is 5.11. The maximum atomic E-state index is 12.6. The van der Waals surface area contributed by atoms with Crippen molar-refractivity contribution in [3.05, 3.63) is 109 Å². The molecular weight excluding hydrogens is 591 g/mol. The predicted octanol–water partition coefficient (Wildman–Crippen LogP) is 4.19. The molecule has 0 atom stereocenters. The van der Waals surface area contributed by atoms with Crippen LogP contribution in [0.5, 0.6) is 11.5 Å². The zero-order valence-corrected chi connectivity index (χ0v) is 21.7. The van der Waals surface area contributed by atoms with Gasteiger partial charge in [-0.25, -0.2) is 5.43 Å². The number of carbonyl (C=O) groups excluding carboxylic acids is 1. The van der Waals surface area contributed by atoms with Crippen LogP contribution in [-0.2, 0) is 13.2 Å². The van der Waals surface area contributed by atoms with Gasteiger partial charge in [0.1, 0.15) is 18.1 Å². The van der Waals surface area contributed by atoms with E-state index in [1.54, 1.807) is 36.4 Å². The average Bonchev–Trinajstić information content (AvgIpc) is 3.38. The Labute approximate surface area is 225 Å². The van der Waals surface area contributed by atoms with Crippen LogP contribution in [0.15, 0.2) is 78.2 Å². The van der Waals surface area contributed by atoms with Gasteiger partial charge in [-0.3, -0.25) is 4.79 Å². The highest BCUT2D eigenvalue weighted by Crippen LogP contribution is 2.21. The highest BCUT2D eigenvalue weighted by Gasteiger charge is 2.15. The van der Waals surface area contributed by atoms with Gasteiger partial charge < -0.3 is 19.6 Å². The molecule has 0 radical (unpaired) electrons. The maximum absolute atomic E-state index is 12.6. The zero-order chi connectivity index (χ0) is 26.2. The second kappa shape index (κ2) is 12.1. The predicted molar refractivity (Wildman–Crippen MR) is 144 cm³/mol. The Hall–Kier alpha value is -4.33. The molecule has 3 aromatic carbocycles. The molecule has 0 unspecified atom stereocenters. The number of carbonyl (C=O) groups is 1. The molecule has 1 heterocycles. The first-order chi connectivity index (χ1) is 17.9. The third kappa shape index (κ3) is 7.10. The van der Waals surface area contributed by atoms with Crippen LogP contribution in [0.1, 0.15) is 27.0 Å². The number of hydrazone groups is 1. The number of aromatic nitrogens is 3. The number of nitrogens with one attached hydrogen (secondary N) is 1. The normalized spacial score (nSPS) is 10.9. The van der Waals surface area contributed by atoms with Crippen LogP contribution >= 0.6 is 22.6 Å². The van der Waals surface area contributed by atoms with E-state index in [1.165, 1.54) is 24.3 Å². The fourth-order valence-corrected chi connectivity index (χ4v) is 3.71. The van der Waals surface area contributed by atoms with Gasteiger partial charge in [-0.2, -0.15) is 9.78 Å². The molecule has 0 aliphatic rings. The highest BCUT2D eigenvalue weighted by molar-refractivity contribution is 14.1. The molecule has 1 aromatic heterocycles. The summed E-state index contributed by atoms with van der Waals surface area (Å²) in [6.45, 7) is 0.531. The minimum atomic E-state index is -0.661. The zero-order valence-electron chi connectivity index (χ0n) is 19.6. The van der Waals surface area contributed by atoms with E-state index >= 15 is 0 Å². The molecule has 0 fully saturated rings. The number of benzene rings is 3. The van der Waals surface area contributed by atoms with Crippen LogP contribution in [-0.4, -0.2) is 38.9 Å². The van der Waals surface area contributed by atoms with Gasteiger partial charge in [0.2, 0.25) is 6.33 Å². The lowest BCUT2D eigenvalue weighted by Gasteiger charge is -2.08. The Kier molecular flexibility index (Phi) is 8.40. The number of halogens is 1. The number of amides is 1. The summed E-state index contributed by atoms with van der Waals surface area (Å²) >= 11 is 2.23. The summed E-state index contributed by atoms with van der Waals surface area (Å²) in [5.74, 6) is 0.477. The Morgan fingerprint density at radius 1 is 1.19 bits per heavy atom. The fourth-order valence-electron chi connectivity index (χ4n) is 3.35. The molecular formula is C25H21IN6O5. The quantitative estimate of drug-likeness (QED) is 0.123. The largest absolute Gasteiger partial charge is 0.496 e. The Balaban J connectivity index is 1.38. The van der Waals surface area contributed by atoms with Crippen LogP contribution in [0.3, 0.4) is 0 Å². The van der Waals surface area contributed by atoms with Crippen LogP contribution in [0.25, 0.3) is 0 Å². The van der Waals surface area contributed by atoms with Crippen molar-refractivity contribution in [2.75, 3.05) is 7.11 Å². The van der Waals surface area contributed by atoms with Crippen LogP contribution in [0.2, 0.25) is 0 Å². The summed E-state index contributed by atoms with van der Waals surface area (Å²) < 4.78 is 13.6. The van der Waals surface area contributed by atoms with Crippen LogP contribution in [0.4, 0.5) is 5.95 Å². The molecule has 1 N–H and O–H groups in total. The molecule has 4 aromatic rings. The standard InChI is InChI=1S/C25H21IN6O5/c1-36-23-10-5-17(11-20(23)14-31-16-27-25(30-31)32(34)35)13-28-29-24(33)19-4-2-3-18(12-19)15-37-22-8-6-21(26)7-9-22/h2-13,16H,14-15H2,1H3,(H,29,33)/b28-13+. The number of rotatable bonds is 10. The van der Waals surface area contributed by atoms with E-state index in [1.807, 2.05) is 30.3 Å². The second-order valence-corrected chi connectivity index (χ2v) is 8.96. The van der Waals surface area contributed by atoms with E-state index in [2.05, 4.69) is 43.2 Å². The summed E-state index contributed by atoms with van der Waals surface area (Å²) in [4.78, 5) is 26.4. The minimum absolute atomic E-state index is 0.204. The molecule has 0 bridgehead atoms. The van der Waals surface area contributed by atoms with Gasteiger partial charge in [0.05, 0.1) is 19.9 Å². The SMILES string of the molecule is COc1ccc(/C=N/NC(=O)c2cccc(COc3ccc(I)cc3)c2)cc1Cn1cnc([N+](=O)[O-])n1. The van der Waals surface area contributed by atoms with Crippen molar-refractivity contribution in [1.29, 1.82) is 0 Å². The molecule has 0 aliphatic carbocycles. The van der Waals surface area contributed by atoms with Crippen LogP contribution in [0, 0.1) is 13.7 Å². The molecule has 11 nitrogen and oxygen atoms in total. The van der Waals surface area contributed by atoms with Gasteiger partial charge in [0.15, 0.2) is 0 Å². The molecule has 1 amide bonds. The lowest BCUT2D eigenvalue weighted by atomic mass is 10.1. The van der Waals surface area contributed by atoms with Crippen molar-refractivity contribution in [2.45, 2.75) is 13.2 Å². The monoisotopic (exact) mass is 612 g/mol. The fraction of sp³-hybridized carbons (Fsp3) is 0.120. The number of nitrogens with zero attached hydrogens (tertiary/aromatic N) is 5. The van der Waals surface area contributed by atoms with Gasteiger partial charge in [0.25, 0.3) is 5.91 Å². The molecule has 0 saturated heterocycles. The molecule has 4 rings (SSSR count). The average molecular weight is 612 g/mol. The van der Waals surface area contributed by atoms with Crippen molar-refractivity contribution in [2.24, 2.45) is 5.10 Å². The topological polar surface area (TPSA) is 134 Å². The maximum Gasteiger partial charge on any atom is 0.490 e. The minimum Gasteiger partial charge on any atom is -0.496 e. The first-order valence-electron chi connectivity index (χ1n) is 10.9. The summed E-state index contributed by atoms with van der Waals surface area (Å²) in [6.07, 6.45) is 2.77. The molecule has 37 heavy (non-hydrogen) atoms. The molecule has 188 valence electrons. The second-order valence-electron chi connectivity index (χ2n) is 7.71. The lowest BCUT2D eigenvalue weighted by molar-refractivity contribution is -0.394. The third-order valence-corrected chi connectivity index (χ3v) is 5.83. The summed E-state index contributed by atoms with van der Waals surface area (Å²) in [5.41, 5.74) is 5.21. The first-order valence-corrected chi connectivity index (χ1v) is 12.0. The van der Waals surface area contributed by atoms with Gasteiger partial charge in [-0.15, -0.1) is 0 Å². The smallest absolute Gasteiger partial charge is 0.490 e. The number of hydrogen-bond donors (Lipinski definition) is 1. The van der Waals surface area contributed by atoms with Crippen molar-refractivity contribution < 1.29 is 19.2 Å². The Morgan fingerprint density at radius 3 is 2.73 bits per heavy atom. The molecule has 12 heteroatoms. The lowest BCUT2D eigenvalue weighted by Crippen LogP contribution is -2.18. The van der Waals surface area contributed by atoms with Crippen molar-refractivity contribution >= 4 is 40.7 Å². The molecule has 0 spiro atoms. The van der Waals surface area contributed by atoms with Gasteiger partial charge in [0, 0.05) is 19.8 Å². The van der Waals surface area contributed by atoms with Crippen LogP contribution < -0.4 is 14.9 Å². The van der Waals surface area contributed by atoms with Crippen molar-refractivity contribution in [3.63, 3.8) is 0 Å². The van der Waals surface area contributed by atoms with E-state index < -0.39 is 10.9 Å². The molecule has 0 saturated carbocycles. The van der Waals surface area contributed by atoms with E-state index in [-0.39, 0.29) is 12.5 Å². The first kappa shape index (κ1) is 25.8. The van der Waals surface area contributed by atoms with E-state index in [4.69, 9.17) is 9.47 Å². The highest BCUT2D eigenvalue weighted by atomic mass is 127. The number of nitro groups is 1. The number of methoxy groups -OCH3 is 1.